The fraction of sp³-hybridized carbons (Fsp3) is 0.529. The van der Waals surface area contributed by atoms with E-state index in [-0.39, 0.29) is 11.9 Å². The van der Waals surface area contributed by atoms with Crippen molar-refractivity contribution in [3.8, 4) is 0 Å². The first-order valence-electron chi connectivity index (χ1n) is 7.97. The summed E-state index contributed by atoms with van der Waals surface area (Å²) in [6.45, 7) is 2.02. The number of nitrogens with one attached hydrogen (secondary N) is 2. The summed E-state index contributed by atoms with van der Waals surface area (Å²) in [5, 5.41) is 11.7. The summed E-state index contributed by atoms with van der Waals surface area (Å²) in [6.07, 6.45) is 6.21. The molecule has 1 aliphatic rings. The van der Waals surface area contributed by atoms with Crippen LogP contribution in [0.3, 0.4) is 0 Å². The predicted molar refractivity (Wildman–Crippen MR) is 83.4 cm³/mol. The van der Waals surface area contributed by atoms with Gasteiger partial charge in [0.25, 0.3) is 5.91 Å². The summed E-state index contributed by atoms with van der Waals surface area (Å²) < 4.78 is 0. The van der Waals surface area contributed by atoms with Crippen molar-refractivity contribution in [2.24, 2.45) is 5.92 Å². The Morgan fingerprint density at radius 3 is 2.41 bits per heavy atom. The normalized spacial score (nSPS) is 16.3. The Labute approximate surface area is 131 Å². The average molecular weight is 304 g/mol. The van der Waals surface area contributed by atoms with E-state index >= 15 is 0 Å². The quantitative estimate of drug-likeness (QED) is 0.558. The minimum Gasteiger partial charge on any atom is -0.349 e. The van der Waals surface area contributed by atoms with Crippen molar-refractivity contribution in [2.45, 2.75) is 51.5 Å². The number of benzene rings is 1. The molecule has 0 aliphatic heterocycles. The SMILES string of the molecule is CC[C@H](NC(=O)CC1CCCC1)c1ccc(C(=O)NO)cc1. The molecule has 1 saturated carbocycles. The van der Waals surface area contributed by atoms with E-state index in [4.69, 9.17) is 5.21 Å². The topological polar surface area (TPSA) is 78.4 Å². The van der Waals surface area contributed by atoms with Gasteiger partial charge in [0.2, 0.25) is 5.91 Å². The standard InChI is InChI=1S/C17H24N2O3/c1-2-15(18-16(20)11-12-5-3-4-6-12)13-7-9-14(10-8-13)17(21)19-22/h7-10,12,15,22H,2-6,11H2,1H3,(H,18,20)(H,19,21)/t15-/m0/s1. The Morgan fingerprint density at radius 1 is 1.23 bits per heavy atom. The summed E-state index contributed by atoms with van der Waals surface area (Å²) in [5.74, 6) is 0.105. The van der Waals surface area contributed by atoms with Crippen LogP contribution >= 0.6 is 0 Å². The highest BCUT2D eigenvalue weighted by Crippen LogP contribution is 2.28. The zero-order valence-electron chi connectivity index (χ0n) is 13.0. The molecule has 0 bridgehead atoms. The van der Waals surface area contributed by atoms with E-state index in [9.17, 15) is 9.59 Å². The van der Waals surface area contributed by atoms with Crippen LogP contribution in [0.25, 0.3) is 0 Å². The van der Waals surface area contributed by atoms with E-state index in [1.165, 1.54) is 12.8 Å². The van der Waals surface area contributed by atoms with Gasteiger partial charge in [0.05, 0.1) is 6.04 Å². The predicted octanol–water partition coefficient (Wildman–Crippen LogP) is 2.95. The van der Waals surface area contributed by atoms with Crippen molar-refractivity contribution in [1.29, 1.82) is 0 Å². The summed E-state index contributed by atoms with van der Waals surface area (Å²) in [5.41, 5.74) is 2.96. The third-order valence-corrected chi connectivity index (χ3v) is 4.37. The van der Waals surface area contributed by atoms with Gasteiger partial charge in [0, 0.05) is 12.0 Å². The Kier molecular flexibility index (Phi) is 5.95. The van der Waals surface area contributed by atoms with Crippen LogP contribution < -0.4 is 10.8 Å². The Bertz CT molecular complexity index is 507. The third-order valence-electron chi connectivity index (χ3n) is 4.37. The number of hydrogen-bond acceptors (Lipinski definition) is 3. The molecule has 1 aromatic carbocycles. The van der Waals surface area contributed by atoms with E-state index in [0.29, 0.717) is 17.9 Å². The summed E-state index contributed by atoms with van der Waals surface area (Å²) >= 11 is 0. The highest BCUT2D eigenvalue weighted by atomic mass is 16.5. The van der Waals surface area contributed by atoms with E-state index in [1.807, 2.05) is 19.1 Å². The molecular weight excluding hydrogens is 280 g/mol. The van der Waals surface area contributed by atoms with Gasteiger partial charge in [-0.15, -0.1) is 0 Å². The number of carbonyl (C=O) groups is 2. The van der Waals surface area contributed by atoms with Crippen LogP contribution in [-0.2, 0) is 4.79 Å². The van der Waals surface area contributed by atoms with E-state index < -0.39 is 5.91 Å². The van der Waals surface area contributed by atoms with Gasteiger partial charge in [0.1, 0.15) is 0 Å². The van der Waals surface area contributed by atoms with Gasteiger partial charge in [-0.05, 0) is 42.9 Å². The average Bonchev–Trinajstić information content (AvgIpc) is 3.05. The zero-order valence-corrected chi connectivity index (χ0v) is 13.0. The molecule has 1 fully saturated rings. The van der Waals surface area contributed by atoms with Gasteiger partial charge in [0.15, 0.2) is 0 Å². The molecule has 2 amide bonds. The summed E-state index contributed by atoms with van der Waals surface area (Å²) in [7, 11) is 0. The van der Waals surface area contributed by atoms with Gasteiger partial charge in [-0.2, -0.15) is 0 Å². The first kappa shape index (κ1) is 16.5. The molecule has 1 aromatic rings. The fourth-order valence-electron chi connectivity index (χ4n) is 3.08. The maximum atomic E-state index is 12.2. The molecule has 3 N–H and O–H groups in total. The fourth-order valence-corrected chi connectivity index (χ4v) is 3.08. The van der Waals surface area contributed by atoms with Crippen LogP contribution in [0.2, 0.25) is 0 Å². The van der Waals surface area contributed by atoms with Crippen molar-refractivity contribution >= 4 is 11.8 Å². The van der Waals surface area contributed by atoms with Crippen molar-refractivity contribution in [3.05, 3.63) is 35.4 Å². The molecule has 0 radical (unpaired) electrons. The second-order valence-corrected chi connectivity index (χ2v) is 5.95. The number of amides is 2. The molecule has 2 rings (SSSR count). The van der Waals surface area contributed by atoms with Gasteiger partial charge in [-0.3, -0.25) is 14.8 Å². The maximum Gasteiger partial charge on any atom is 0.274 e. The lowest BCUT2D eigenvalue weighted by Gasteiger charge is -2.19. The van der Waals surface area contributed by atoms with E-state index in [1.54, 1.807) is 17.6 Å². The molecule has 0 unspecified atom stereocenters. The second kappa shape index (κ2) is 7.94. The van der Waals surface area contributed by atoms with Crippen LogP contribution in [0.4, 0.5) is 0 Å². The van der Waals surface area contributed by atoms with Crippen LogP contribution in [0, 0.1) is 5.92 Å². The minimum absolute atomic E-state index is 0.0415. The molecule has 0 saturated heterocycles. The van der Waals surface area contributed by atoms with Crippen LogP contribution in [0.1, 0.15) is 67.4 Å². The third kappa shape index (κ3) is 4.31. The molecule has 22 heavy (non-hydrogen) atoms. The molecule has 5 nitrogen and oxygen atoms in total. The number of carbonyl (C=O) groups excluding carboxylic acids is 2. The molecule has 120 valence electrons. The maximum absolute atomic E-state index is 12.2. The van der Waals surface area contributed by atoms with Gasteiger partial charge < -0.3 is 5.32 Å². The molecule has 0 aromatic heterocycles. The number of hydroxylamine groups is 1. The first-order valence-corrected chi connectivity index (χ1v) is 7.97. The lowest BCUT2D eigenvalue weighted by atomic mass is 10.0. The lowest BCUT2D eigenvalue weighted by Crippen LogP contribution is -2.29. The molecular formula is C17H24N2O3. The summed E-state index contributed by atoms with van der Waals surface area (Å²) in [6, 6.07) is 6.88. The molecule has 1 aliphatic carbocycles. The first-order chi connectivity index (χ1) is 10.6. The molecule has 0 heterocycles. The van der Waals surface area contributed by atoms with Crippen molar-refractivity contribution < 1.29 is 14.8 Å². The minimum atomic E-state index is -0.537. The van der Waals surface area contributed by atoms with Crippen LogP contribution in [0.15, 0.2) is 24.3 Å². The Morgan fingerprint density at radius 2 is 1.86 bits per heavy atom. The Balaban J connectivity index is 1.95. The monoisotopic (exact) mass is 304 g/mol. The van der Waals surface area contributed by atoms with Gasteiger partial charge in [-0.25, -0.2) is 5.48 Å². The Hall–Kier alpha value is -1.88. The smallest absolute Gasteiger partial charge is 0.274 e. The highest BCUT2D eigenvalue weighted by Gasteiger charge is 2.20. The highest BCUT2D eigenvalue weighted by molar-refractivity contribution is 5.93. The van der Waals surface area contributed by atoms with Crippen molar-refractivity contribution in [3.63, 3.8) is 0 Å². The lowest BCUT2D eigenvalue weighted by molar-refractivity contribution is -0.122. The number of hydrogen-bond donors (Lipinski definition) is 3. The molecule has 5 heteroatoms. The number of rotatable bonds is 6. The van der Waals surface area contributed by atoms with Crippen LogP contribution in [-0.4, -0.2) is 17.0 Å². The molecule has 0 spiro atoms. The second-order valence-electron chi connectivity index (χ2n) is 5.95. The van der Waals surface area contributed by atoms with Crippen LogP contribution in [0.5, 0.6) is 0 Å². The van der Waals surface area contributed by atoms with Crippen molar-refractivity contribution in [2.75, 3.05) is 0 Å². The van der Waals surface area contributed by atoms with Gasteiger partial charge in [-0.1, -0.05) is 31.9 Å². The van der Waals surface area contributed by atoms with E-state index in [2.05, 4.69) is 5.32 Å². The zero-order chi connectivity index (χ0) is 15.9. The molecule has 1 atom stereocenters. The van der Waals surface area contributed by atoms with E-state index in [0.717, 1.165) is 24.8 Å². The van der Waals surface area contributed by atoms with Crippen molar-refractivity contribution in [1.82, 2.24) is 10.8 Å². The summed E-state index contributed by atoms with van der Waals surface area (Å²) in [4.78, 5) is 23.5. The van der Waals surface area contributed by atoms with Gasteiger partial charge >= 0.3 is 0 Å². The largest absolute Gasteiger partial charge is 0.349 e.